The lowest BCUT2D eigenvalue weighted by atomic mass is 10.3. The number of hydrogen-bond acceptors (Lipinski definition) is 4. The first-order valence-electron chi connectivity index (χ1n) is 6.68. The van der Waals surface area contributed by atoms with Gasteiger partial charge in [0.05, 0.1) is 6.61 Å². The average molecular weight is 249 g/mol. The number of benzene rings is 1. The van der Waals surface area contributed by atoms with Gasteiger partial charge < -0.3 is 19.5 Å². The van der Waals surface area contributed by atoms with Crippen molar-refractivity contribution in [2.45, 2.75) is 31.7 Å². The molecule has 1 heterocycles. The number of hydrogen-bond donors (Lipinski definition) is 1. The van der Waals surface area contributed by atoms with Gasteiger partial charge in [0, 0.05) is 12.1 Å². The third kappa shape index (κ3) is 3.07. The normalized spacial score (nSPS) is 16.9. The molecule has 18 heavy (non-hydrogen) atoms. The Labute approximate surface area is 107 Å². The Kier molecular flexibility index (Phi) is 3.55. The van der Waals surface area contributed by atoms with Crippen molar-refractivity contribution in [2.24, 2.45) is 0 Å². The van der Waals surface area contributed by atoms with E-state index in [1.165, 1.54) is 19.3 Å². The van der Waals surface area contributed by atoms with E-state index < -0.39 is 0 Å². The largest absolute Gasteiger partial charge is 0.493 e. The SMILES string of the molecule is c1cc2c(cc1OCCCCNC1CC1)OCO2. The van der Waals surface area contributed by atoms with Gasteiger partial charge in [0.1, 0.15) is 5.75 Å². The van der Waals surface area contributed by atoms with Crippen LogP contribution in [-0.4, -0.2) is 26.0 Å². The second-order valence-electron chi connectivity index (χ2n) is 4.80. The topological polar surface area (TPSA) is 39.7 Å². The molecule has 4 heteroatoms. The molecule has 1 aliphatic heterocycles. The second-order valence-corrected chi connectivity index (χ2v) is 4.80. The summed E-state index contributed by atoms with van der Waals surface area (Å²) in [5, 5.41) is 3.50. The summed E-state index contributed by atoms with van der Waals surface area (Å²) in [6.45, 7) is 2.17. The maximum absolute atomic E-state index is 5.69. The molecule has 0 saturated heterocycles. The zero-order chi connectivity index (χ0) is 12.2. The van der Waals surface area contributed by atoms with Crippen LogP contribution in [-0.2, 0) is 0 Å². The Morgan fingerprint density at radius 2 is 2.06 bits per heavy atom. The minimum absolute atomic E-state index is 0.311. The summed E-state index contributed by atoms with van der Waals surface area (Å²) >= 11 is 0. The minimum Gasteiger partial charge on any atom is -0.493 e. The van der Waals surface area contributed by atoms with Gasteiger partial charge in [-0.25, -0.2) is 0 Å². The van der Waals surface area contributed by atoms with Gasteiger partial charge in [-0.1, -0.05) is 0 Å². The molecule has 0 unspecified atom stereocenters. The molecule has 0 radical (unpaired) electrons. The second kappa shape index (κ2) is 5.48. The Morgan fingerprint density at radius 1 is 1.17 bits per heavy atom. The molecule has 98 valence electrons. The lowest BCUT2D eigenvalue weighted by Crippen LogP contribution is -2.17. The van der Waals surface area contributed by atoms with Gasteiger partial charge >= 0.3 is 0 Å². The van der Waals surface area contributed by atoms with E-state index in [9.17, 15) is 0 Å². The number of fused-ring (bicyclic) bond motifs is 1. The molecule has 1 aromatic rings. The molecule has 1 aromatic carbocycles. The zero-order valence-corrected chi connectivity index (χ0v) is 10.5. The van der Waals surface area contributed by atoms with Crippen molar-refractivity contribution in [1.82, 2.24) is 5.32 Å². The van der Waals surface area contributed by atoms with Crippen molar-refractivity contribution < 1.29 is 14.2 Å². The van der Waals surface area contributed by atoms with E-state index in [-0.39, 0.29) is 0 Å². The maximum Gasteiger partial charge on any atom is 0.231 e. The van der Waals surface area contributed by atoms with Gasteiger partial charge in [-0.3, -0.25) is 0 Å². The fraction of sp³-hybridized carbons (Fsp3) is 0.571. The third-order valence-corrected chi connectivity index (χ3v) is 3.19. The van der Waals surface area contributed by atoms with E-state index >= 15 is 0 Å². The summed E-state index contributed by atoms with van der Waals surface area (Å²) in [7, 11) is 0. The molecule has 0 aromatic heterocycles. The fourth-order valence-corrected chi connectivity index (χ4v) is 1.98. The molecule has 0 bridgehead atoms. The van der Waals surface area contributed by atoms with Crippen molar-refractivity contribution in [3.8, 4) is 17.2 Å². The Morgan fingerprint density at radius 3 is 2.94 bits per heavy atom. The first kappa shape index (κ1) is 11.7. The molecule has 4 nitrogen and oxygen atoms in total. The summed E-state index contributed by atoms with van der Waals surface area (Å²) in [6.07, 6.45) is 4.95. The van der Waals surface area contributed by atoms with Crippen molar-refractivity contribution in [3.63, 3.8) is 0 Å². The summed E-state index contributed by atoms with van der Waals surface area (Å²) in [5.74, 6) is 2.44. The highest BCUT2D eigenvalue weighted by Gasteiger charge is 2.19. The molecule has 1 saturated carbocycles. The predicted octanol–water partition coefficient (Wildman–Crippen LogP) is 2.33. The molecule has 1 N–H and O–H groups in total. The molecule has 0 spiro atoms. The van der Waals surface area contributed by atoms with Crippen molar-refractivity contribution in [3.05, 3.63) is 18.2 Å². The van der Waals surface area contributed by atoms with Gasteiger partial charge in [-0.05, 0) is 44.4 Å². The van der Waals surface area contributed by atoms with Crippen LogP contribution in [0.2, 0.25) is 0 Å². The number of rotatable bonds is 7. The van der Waals surface area contributed by atoms with Crippen LogP contribution in [0.25, 0.3) is 0 Å². The van der Waals surface area contributed by atoms with Crippen LogP contribution in [0.4, 0.5) is 0 Å². The predicted molar refractivity (Wildman–Crippen MR) is 68.3 cm³/mol. The van der Waals surface area contributed by atoms with Crippen LogP contribution in [0, 0.1) is 0 Å². The number of ether oxygens (including phenoxy) is 3. The van der Waals surface area contributed by atoms with E-state index in [0.29, 0.717) is 6.79 Å². The summed E-state index contributed by atoms with van der Waals surface area (Å²) < 4.78 is 16.2. The first-order valence-corrected chi connectivity index (χ1v) is 6.68. The highest BCUT2D eigenvalue weighted by molar-refractivity contribution is 5.46. The molecule has 0 amide bonds. The summed E-state index contributed by atoms with van der Waals surface area (Å²) in [5.41, 5.74) is 0. The van der Waals surface area contributed by atoms with Crippen LogP contribution in [0.5, 0.6) is 17.2 Å². The Balaban J connectivity index is 1.34. The van der Waals surface area contributed by atoms with Gasteiger partial charge in [0.15, 0.2) is 11.5 Å². The lowest BCUT2D eigenvalue weighted by Gasteiger charge is -2.07. The maximum atomic E-state index is 5.69. The lowest BCUT2D eigenvalue weighted by molar-refractivity contribution is 0.173. The molecular weight excluding hydrogens is 230 g/mol. The van der Waals surface area contributed by atoms with Crippen LogP contribution >= 0.6 is 0 Å². The van der Waals surface area contributed by atoms with Crippen molar-refractivity contribution in [1.29, 1.82) is 0 Å². The van der Waals surface area contributed by atoms with Gasteiger partial charge in [0.25, 0.3) is 0 Å². The Bertz CT molecular complexity index is 404. The Hall–Kier alpha value is -1.42. The van der Waals surface area contributed by atoms with Crippen molar-refractivity contribution >= 4 is 0 Å². The fourth-order valence-electron chi connectivity index (χ4n) is 1.98. The van der Waals surface area contributed by atoms with E-state index in [1.807, 2.05) is 18.2 Å². The standard InChI is InChI=1S/C14H19NO3/c1(7-15-11-3-4-11)2-8-16-12-5-6-13-14(9-12)18-10-17-13/h5-6,9,11,15H,1-4,7-8,10H2. The van der Waals surface area contributed by atoms with Gasteiger partial charge in [-0.2, -0.15) is 0 Å². The summed E-state index contributed by atoms with van der Waals surface area (Å²) in [6, 6.07) is 6.52. The monoisotopic (exact) mass is 249 g/mol. The number of unbranched alkanes of at least 4 members (excludes halogenated alkanes) is 1. The smallest absolute Gasteiger partial charge is 0.231 e. The van der Waals surface area contributed by atoms with Crippen LogP contribution in [0.15, 0.2) is 18.2 Å². The highest BCUT2D eigenvalue weighted by atomic mass is 16.7. The third-order valence-electron chi connectivity index (χ3n) is 3.19. The van der Waals surface area contributed by atoms with E-state index in [0.717, 1.165) is 42.9 Å². The molecule has 2 aliphatic rings. The van der Waals surface area contributed by atoms with Crippen molar-refractivity contribution in [2.75, 3.05) is 19.9 Å². The molecule has 1 aliphatic carbocycles. The quantitative estimate of drug-likeness (QED) is 0.753. The molecular formula is C14H19NO3. The zero-order valence-electron chi connectivity index (χ0n) is 10.5. The molecule has 0 atom stereocenters. The minimum atomic E-state index is 0.311. The number of nitrogens with one attached hydrogen (secondary N) is 1. The van der Waals surface area contributed by atoms with E-state index in [4.69, 9.17) is 14.2 Å². The first-order chi connectivity index (χ1) is 8.92. The average Bonchev–Trinajstić information content (AvgIpc) is 3.09. The van der Waals surface area contributed by atoms with Gasteiger partial charge in [0.2, 0.25) is 6.79 Å². The highest BCUT2D eigenvalue weighted by Crippen LogP contribution is 2.35. The van der Waals surface area contributed by atoms with Crippen LogP contribution < -0.4 is 19.5 Å². The van der Waals surface area contributed by atoms with Crippen LogP contribution in [0.1, 0.15) is 25.7 Å². The molecule has 1 fully saturated rings. The van der Waals surface area contributed by atoms with Gasteiger partial charge in [-0.15, -0.1) is 0 Å². The summed E-state index contributed by atoms with van der Waals surface area (Å²) in [4.78, 5) is 0. The van der Waals surface area contributed by atoms with E-state index in [1.54, 1.807) is 0 Å². The molecule has 3 rings (SSSR count). The van der Waals surface area contributed by atoms with Crippen LogP contribution in [0.3, 0.4) is 0 Å². The van der Waals surface area contributed by atoms with E-state index in [2.05, 4.69) is 5.32 Å².